The normalized spacial score (nSPS) is 11.7. The molecule has 0 radical (unpaired) electrons. The molecule has 0 fully saturated rings. The van der Waals surface area contributed by atoms with E-state index in [1.54, 1.807) is 0 Å². The number of imidazole rings is 1. The highest BCUT2D eigenvalue weighted by molar-refractivity contribution is 5.75. The zero-order valence-electron chi connectivity index (χ0n) is 19.7. The number of ether oxygens (including phenoxy) is 2. The van der Waals surface area contributed by atoms with Crippen LogP contribution in [0.4, 0.5) is 0 Å². The van der Waals surface area contributed by atoms with Gasteiger partial charge in [0.15, 0.2) is 0 Å². The fourth-order valence-corrected chi connectivity index (χ4v) is 3.79. The maximum Gasteiger partial charge on any atom is 0.148 e. The van der Waals surface area contributed by atoms with Gasteiger partial charge < -0.3 is 14.0 Å². The first-order valence-electron chi connectivity index (χ1n) is 11.2. The Kier molecular flexibility index (Phi) is 6.22. The van der Waals surface area contributed by atoms with Crippen molar-refractivity contribution in [3.8, 4) is 11.5 Å². The second-order valence-corrected chi connectivity index (χ2v) is 9.35. The minimum atomic E-state index is 0.127. The third-order valence-electron chi connectivity index (χ3n) is 5.74. The first-order valence-corrected chi connectivity index (χ1v) is 11.2. The van der Waals surface area contributed by atoms with Crippen molar-refractivity contribution < 1.29 is 9.47 Å². The lowest BCUT2D eigenvalue weighted by atomic mass is 9.87. The van der Waals surface area contributed by atoms with Gasteiger partial charge in [0.05, 0.1) is 17.6 Å². The van der Waals surface area contributed by atoms with Crippen molar-refractivity contribution in [3.05, 3.63) is 89.2 Å². The lowest BCUT2D eigenvalue weighted by molar-refractivity contribution is 0.271. The van der Waals surface area contributed by atoms with Crippen molar-refractivity contribution in [2.45, 2.75) is 53.2 Å². The number of aromatic nitrogens is 2. The van der Waals surface area contributed by atoms with Crippen LogP contribution in [0.15, 0.2) is 66.7 Å². The van der Waals surface area contributed by atoms with Crippen molar-refractivity contribution >= 4 is 11.0 Å². The van der Waals surface area contributed by atoms with E-state index in [9.17, 15) is 0 Å². The van der Waals surface area contributed by atoms with Crippen molar-refractivity contribution in [2.24, 2.45) is 0 Å². The number of rotatable bonds is 7. The van der Waals surface area contributed by atoms with Crippen LogP contribution in [0.3, 0.4) is 0 Å². The molecule has 0 atom stereocenters. The Bertz CT molecular complexity index is 1200. The predicted octanol–water partition coefficient (Wildman–Crippen LogP) is 6.61. The topological polar surface area (TPSA) is 36.3 Å². The van der Waals surface area contributed by atoms with Gasteiger partial charge in [0, 0.05) is 0 Å². The van der Waals surface area contributed by atoms with Gasteiger partial charge in [-0.3, -0.25) is 0 Å². The van der Waals surface area contributed by atoms with Crippen molar-refractivity contribution in [3.63, 3.8) is 0 Å². The molecule has 166 valence electrons. The fourth-order valence-electron chi connectivity index (χ4n) is 3.79. The van der Waals surface area contributed by atoms with E-state index in [1.165, 1.54) is 11.1 Å². The Morgan fingerprint density at radius 2 is 1.62 bits per heavy atom. The van der Waals surface area contributed by atoms with E-state index in [-0.39, 0.29) is 5.41 Å². The number of fused-ring (bicyclic) bond motifs is 1. The third kappa shape index (κ3) is 4.96. The van der Waals surface area contributed by atoms with Crippen LogP contribution in [-0.2, 0) is 18.6 Å². The lowest BCUT2D eigenvalue weighted by Gasteiger charge is -2.19. The second kappa shape index (κ2) is 9.07. The zero-order chi connectivity index (χ0) is 22.7. The monoisotopic (exact) mass is 428 g/mol. The zero-order valence-corrected chi connectivity index (χ0v) is 19.7. The van der Waals surface area contributed by atoms with Crippen LogP contribution in [0.5, 0.6) is 11.5 Å². The minimum absolute atomic E-state index is 0.127. The van der Waals surface area contributed by atoms with Crippen molar-refractivity contribution in [1.82, 2.24) is 9.55 Å². The van der Waals surface area contributed by atoms with E-state index >= 15 is 0 Å². The third-order valence-corrected chi connectivity index (χ3v) is 5.74. The number of benzene rings is 3. The van der Waals surface area contributed by atoms with E-state index in [4.69, 9.17) is 14.5 Å². The lowest BCUT2D eigenvalue weighted by Crippen LogP contribution is -2.13. The van der Waals surface area contributed by atoms with Crippen molar-refractivity contribution in [2.75, 3.05) is 6.61 Å². The summed E-state index contributed by atoms with van der Waals surface area (Å²) in [5.74, 6) is 2.69. The number of para-hydroxylation sites is 2. The van der Waals surface area contributed by atoms with Crippen LogP contribution >= 0.6 is 0 Å². The number of hydrogen-bond donors (Lipinski definition) is 0. The molecule has 4 heteroatoms. The molecule has 0 bridgehead atoms. The summed E-state index contributed by atoms with van der Waals surface area (Å²) < 4.78 is 14.4. The van der Waals surface area contributed by atoms with Gasteiger partial charge in [-0.05, 0) is 66.3 Å². The van der Waals surface area contributed by atoms with Crippen LogP contribution in [0.2, 0.25) is 0 Å². The summed E-state index contributed by atoms with van der Waals surface area (Å²) in [6.07, 6.45) is 0. The molecule has 0 unspecified atom stereocenters. The number of hydrogen-bond acceptors (Lipinski definition) is 3. The Morgan fingerprint density at radius 1 is 0.875 bits per heavy atom. The van der Waals surface area contributed by atoms with E-state index < -0.39 is 0 Å². The Balaban J connectivity index is 1.49. The van der Waals surface area contributed by atoms with Crippen LogP contribution in [-0.4, -0.2) is 16.2 Å². The standard InChI is InChI=1S/C28H32N2O2/c1-20-10-11-21(2)26(18-20)31-17-16-30-25-9-7-6-8-24(25)29-27(30)19-32-23-14-12-22(13-15-23)28(3,4)5/h6-15,18H,16-17,19H2,1-5H3. The SMILES string of the molecule is Cc1ccc(C)c(OCCn2c(COc3ccc(C(C)(C)C)cc3)nc3ccccc32)c1. The number of nitrogens with zero attached hydrogens (tertiary/aromatic N) is 2. The summed E-state index contributed by atoms with van der Waals surface area (Å²) in [5.41, 5.74) is 5.83. The molecule has 4 rings (SSSR count). The Hall–Kier alpha value is -3.27. The highest BCUT2D eigenvalue weighted by atomic mass is 16.5. The first-order chi connectivity index (χ1) is 15.3. The highest BCUT2D eigenvalue weighted by Crippen LogP contribution is 2.25. The summed E-state index contributed by atoms with van der Waals surface area (Å²) in [5, 5.41) is 0. The molecule has 0 aliphatic heterocycles. The van der Waals surface area contributed by atoms with Gasteiger partial charge in [-0.15, -0.1) is 0 Å². The van der Waals surface area contributed by atoms with Gasteiger partial charge in [0.2, 0.25) is 0 Å². The molecule has 3 aromatic carbocycles. The fraction of sp³-hybridized carbons (Fsp3) is 0.321. The molecular weight excluding hydrogens is 396 g/mol. The Morgan fingerprint density at radius 3 is 2.38 bits per heavy atom. The van der Waals surface area contributed by atoms with Gasteiger partial charge in [-0.1, -0.05) is 57.2 Å². The van der Waals surface area contributed by atoms with Gasteiger partial charge in [-0.2, -0.15) is 0 Å². The molecule has 1 heterocycles. The molecule has 0 amide bonds. The average molecular weight is 429 g/mol. The van der Waals surface area contributed by atoms with E-state index in [0.29, 0.717) is 19.8 Å². The van der Waals surface area contributed by atoms with Crippen LogP contribution < -0.4 is 9.47 Å². The molecule has 4 nitrogen and oxygen atoms in total. The quantitative estimate of drug-likeness (QED) is 0.332. The summed E-state index contributed by atoms with van der Waals surface area (Å²) in [7, 11) is 0. The van der Waals surface area contributed by atoms with Gasteiger partial charge in [-0.25, -0.2) is 4.98 Å². The molecule has 0 spiro atoms. The van der Waals surface area contributed by atoms with Crippen molar-refractivity contribution in [1.29, 1.82) is 0 Å². The molecule has 0 aliphatic rings. The van der Waals surface area contributed by atoms with Gasteiger partial charge in [0.25, 0.3) is 0 Å². The van der Waals surface area contributed by atoms with Crippen LogP contribution in [0.1, 0.15) is 43.3 Å². The van der Waals surface area contributed by atoms with Gasteiger partial charge >= 0.3 is 0 Å². The Labute approximate surface area is 190 Å². The van der Waals surface area contributed by atoms with E-state index in [0.717, 1.165) is 33.9 Å². The van der Waals surface area contributed by atoms with E-state index in [2.05, 4.69) is 75.6 Å². The predicted molar refractivity (Wildman–Crippen MR) is 131 cm³/mol. The molecule has 0 aliphatic carbocycles. The van der Waals surface area contributed by atoms with Gasteiger partial charge in [0.1, 0.15) is 30.5 Å². The minimum Gasteiger partial charge on any atom is -0.491 e. The largest absolute Gasteiger partial charge is 0.491 e. The molecule has 4 aromatic rings. The maximum atomic E-state index is 6.11. The molecule has 0 saturated heterocycles. The molecule has 0 saturated carbocycles. The van der Waals surface area contributed by atoms with Crippen LogP contribution in [0, 0.1) is 13.8 Å². The summed E-state index contributed by atoms with van der Waals surface area (Å²) in [4.78, 5) is 4.82. The smallest absolute Gasteiger partial charge is 0.148 e. The average Bonchev–Trinajstić information content (AvgIpc) is 3.12. The van der Waals surface area contributed by atoms with Crippen LogP contribution in [0.25, 0.3) is 11.0 Å². The summed E-state index contributed by atoms with van der Waals surface area (Å²) in [6, 6.07) is 22.8. The van der Waals surface area contributed by atoms with E-state index in [1.807, 2.05) is 30.3 Å². The molecule has 1 aromatic heterocycles. The second-order valence-electron chi connectivity index (χ2n) is 9.35. The highest BCUT2D eigenvalue weighted by Gasteiger charge is 2.14. The maximum absolute atomic E-state index is 6.11. The summed E-state index contributed by atoms with van der Waals surface area (Å²) in [6.45, 7) is 12.5. The number of aryl methyl sites for hydroxylation is 2. The first kappa shape index (κ1) is 21.9. The molecular formula is C28H32N2O2. The molecule has 32 heavy (non-hydrogen) atoms. The molecule has 0 N–H and O–H groups in total. The summed E-state index contributed by atoms with van der Waals surface area (Å²) >= 11 is 0.